The highest BCUT2D eigenvalue weighted by molar-refractivity contribution is 8.00. The number of benzene rings is 1. The molecule has 118 valence electrons. The summed E-state index contributed by atoms with van der Waals surface area (Å²) < 4.78 is 40.8. The Labute approximate surface area is 133 Å². The van der Waals surface area contributed by atoms with Crippen molar-refractivity contribution in [3.63, 3.8) is 0 Å². The van der Waals surface area contributed by atoms with Gasteiger partial charge in [0, 0.05) is 18.3 Å². The topological polar surface area (TPSA) is 58.2 Å². The second-order valence-corrected chi connectivity index (χ2v) is 8.45. The Morgan fingerprint density at radius 3 is 2.86 bits per heavy atom. The fourth-order valence-corrected chi connectivity index (χ4v) is 4.81. The van der Waals surface area contributed by atoms with Gasteiger partial charge in [-0.3, -0.25) is 0 Å². The molecule has 1 aliphatic heterocycles. The first-order chi connectivity index (χ1) is 9.94. The van der Waals surface area contributed by atoms with Gasteiger partial charge in [-0.15, -0.1) is 0 Å². The quantitative estimate of drug-likeness (QED) is 0.825. The molecule has 4 nitrogen and oxygen atoms in total. The minimum Gasteiger partial charge on any atom is -0.316 e. The van der Waals surface area contributed by atoms with Crippen molar-refractivity contribution in [1.29, 1.82) is 0 Å². The Bertz CT molecular complexity index is 604. The summed E-state index contributed by atoms with van der Waals surface area (Å²) >= 11 is 7.60. The molecule has 8 heteroatoms. The van der Waals surface area contributed by atoms with E-state index >= 15 is 0 Å². The molecule has 0 radical (unpaired) electrons. The first kappa shape index (κ1) is 17.0. The zero-order valence-electron chi connectivity index (χ0n) is 11.7. The summed E-state index contributed by atoms with van der Waals surface area (Å²) in [4.78, 5) is -0.0855. The van der Waals surface area contributed by atoms with Crippen molar-refractivity contribution in [2.24, 2.45) is 0 Å². The van der Waals surface area contributed by atoms with E-state index in [0.717, 1.165) is 24.7 Å². The van der Waals surface area contributed by atoms with E-state index in [-0.39, 0.29) is 9.92 Å². The lowest BCUT2D eigenvalue weighted by Gasteiger charge is -2.13. The lowest BCUT2D eigenvalue weighted by atomic mass is 10.2. The Hall–Kier alpha value is -0.340. The second kappa shape index (κ2) is 7.28. The van der Waals surface area contributed by atoms with E-state index in [0.29, 0.717) is 23.9 Å². The molecule has 0 spiro atoms. The van der Waals surface area contributed by atoms with Crippen LogP contribution in [0.3, 0.4) is 0 Å². The molecule has 1 heterocycles. The molecule has 0 aromatic heterocycles. The molecular weight excluding hydrogens is 335 g/mol. The fourth-order valence-electron chi connectivity index (χ4n) is 2.18. The van der Waals surface area contributed by atoms with E-state index in [2.05, 4.69) is 10.0 Å². The number of nitrogens with one attached hydrogen (secondary N) is 2. The molecule has 2 N–H and O–H groups in total. The minimum atomic E-state index is -3.72. The number of rotatable bonds is 6. The van der Waals surface area contributed by atoms with Crippen LogP contribution in [0.1, 0.15) is 18.4 Å². The third-order valence-electron chi connectivity index (χ3n) is 3.28. The number of thioether (sulfide) groups is 1. The van der Waals surface area contributed by atoms with Crippen LogP contribution in [-0.2, 0) is 16.6 Å². The highest BCUT2D eigenvalue weighted by Gasteiger charge is 2.22. The number of hydrogen-bond acceptors (Lipinski definition) is 4. The van der Waals surface area contributed by atoms with E-state index in [4.69, 9.17) is 11.6 Å². The smallest absolute Gasteiger partial charge is 0.240 e. The Balaban J connectivity index is 2.18. The van der Waals surface area contributed by atoms with E-state index in [1.165, 1.54) is 6.07 Å². The Kier molecular flexibility index (Phi) is 5.90. The molecule has 1 atom stereocenters. The van der Waals surface area contributed by atoms with Crippen molar-refractivity contribution in [2.75, 3.05) is 19.3 Å². The third-order valence-corrected chi connectivity index (χ3v) is 6.50. The minimum absolute atomic E-state index is 0.0466. The van der Waals surface area contributed by atoms with Gasteiger partial charge in [0.1, 0.15) is 5.82 Å². The summed E-state index contributed by atoms with van der Waals surface area (Å²) in [7, 11) is -2.03. The molecule has 21 heavy (non-hydrogen) atoms. The monoisotopic (exact) mass is 352 g/mol. The van der Waals surface area contributed by atoms with Crippen molar-refractivity contribution in [3.05, 3.63) is 28.5 Å². The molecule has 0 aliphatic carbocycles. The third kappa shape index (κ3) is 4.32. The maximum Gasteiger partial charge on any atom is 0.240 e. The van der Waals surface area contributed by atoms with Crippen LogP contribution in [0.4, 0.5) is 4.39 Å². The first-order valence-electron chi connectivity index (χ1n) is 6.68. The van der Waals surface area contributed by atoms with Crippen LogP contribution in [-0.4, -0.2) is 33.0 Å². The van der Waals surface area contributed by atoms with E-state index in [1.54, 1.807) is 18.8 Å². The van der Waals surface area contributed by atoms with Crippen molar-refractivity contribution in [2.45, 2.75) is 29.5 Å². The molecule has 0 amide bonds. The van der Waals surface area contributed by atoms with Crippen LogP contribution >= 0.6 is 23.4 Å². The Morgan fingerprint density at radius 1 is 1.48 bits per heavy atom. The fraction of sp³-hybridized carbons (Fsp3) is 0.538. The van der Waals surface area contributed by atoms with Crippen LogP contribution < -0.4 is 10.0 Å². The maximum atomic E-state index is 13.8. The van der Waals surface area contributed by atoms with Gasteiger partial charge in [-0.25, -0.2) is 17.5 Å². The summed E-state index contributed by atoms with van der Waals surface area (Å²) in [5.74, 6) is 0.342. The van der Waals surface area contributed by atoms with E-state index < -0.39 is 15.8 Å². The predicted octanol–water partition coefficient (Wildman–Crippen LogP) is 2.37. The number of sulfonamides is 1. The normalized spacial score (nSPS) is 19.1. The van der Waals surface area contributed by atoms with Gasteiger partial charge in [-0.05, 0) is 43.3 Å². The molecule has 1 aromatic rings. The number of hydrogen-bond donors (Lipinski definition) is 2. The van der Waals surface area contributed by atoms with Gasteiger partial charge in [0.25, 0.3) is 0 Å². The average Bonchev–Trinajstić information content (AvgIpc) is 2.95. The molecule has 0 saturated carbocycles. The largest absolute Gasteiger partial charge is 0.316 e. The zero-order valence-corrected chi connectivity index (χ0v) is 14.0. The SMILES string of the molecule is CNCc1cc(S(=O)(=O)NCC2CCCS2)cc(F)c1Cl. The molecule has 1 unspecified atom stereocenters. The molecule has 2 rings (SSSR count). The predicted molar refractivity (Wildman–Crippen MR) is 84.8 cm³/mol. The summed E-state index contributed by atoms with van der Waals surface area (Å²) in [5, 5.41) is 3.09. The van der Waals surface area contributed by atoms with Crippen molar-refractivity contribution >= 4 is 33.4 Å². The van der Waals surface area contributed by atoms with Gasteiger partial charge < -0.3 is 5.32 Å². The molecule has 1 aromatic carbocycles. The standard InChI is InChI=1S/C13H18ClFN2O2S2/c1-16-7-9-5-11(6-12(15)13(9)14)21(18,19)17-8-10-3-2-4-20-10/h5-6,10,16-17H,2-4,7-8H2,1H3. The highest BCUT2D eigenvalue weighted by Crippen LogP contribution is 2.27. The van der Waals surface area contributed by atoms with Crippen LogP contribution in [0.15, 0.2) is 17.0 Å². The maximum absolute atomic E-state index is 13.8. The number of halogens is 2. The highest BCUT2D eigenvalue weighted by atomic mass is 35.5. The molecule has 1 aliphatic rings. The van der Waals surface area contributed by atoms with E-state index in [1.807, 2.05) is 0 Å². The first-order valence-corrected chi connectivity index (χ1v) is 9.59. The van der Waals surface area contributed by atoms with Gasteiger partial charge in [-0.1, -0.05) is 11.6 Å². The zero-order chi connectivity index (χ0) is 15.5. The van der Waals surface area contributed by atoms with Gasteiger partial charge in [-0.2, -0.15) is 11.8 Å². The van der Waals surface area contributed by atoms with Crippen molar-refractivity contribution in [1.82, 2.24) is 10.0 Å². The van der Waals surface area contributed by atoms with Gasteiger partial charge in [0.15, 0.2) is 0 Å². The Morgan fingerprint density at radius 2 is 2.24 bits per heavy atom. The lowest BCUT2D eigenvalue weighted by molar-refractivity contribution is 0.574. The van der Waals surface area contributed by atoms with Crippen LogP contribution in [0.2, 0.25) is 5.02 Å². The average molecular weight is 353 g/mol. The van der Waals surface area contributed by atoms with Crippen LogP contribution in [0, 0.1) is 5.82 Å². The van der Waals surface area contributed by atoms with Crippen molar-refractivity contribution < 1.29 is 12.8 Å². The summed E-state index contributed by atoms with van der Waals surface area (Å²) in [6.07, 6.45) is 2.12. The molecule has 1 fully saturated rings. The molecule has 1 saturated heterocycles. The summed E-state index contributed by atoms with van der Waals surface area (Å²) in [6.45, 7) is 0.677. The molecular formula is C13H18ClFN2O2S2. The van der Waals surface area contributed by atoms with E-state index in [9.17, 15) is 12.8 Å². The lowest BCUT2D eigenvalue weighted by Crippen LogP contribution is -2.30. The van der Waals surface area contributed by atoms with Crippen LogP contribution in [0.25, 0.3) is 0 Å². The summed E-state index contributed by atoms with van der Waals surface area (Å²) in [6, 6.07) is 2.37. The van der Waals surface area contributed by atoms with Crippen molar-refractivity contribution in [3.8, 4) is 0 Å². The van der Waals surface area contributed by atoms with Gasteiger partial charge in [0.05, 0.1) is 9.92 Å². The second-order valence-electron chi connectivity index (χ2n) is 4.90. The summed E-state index contributed by atoms with van der Waals surface area (Å²) in [5.41, 5.74) is 0.426. The molecule has 0 bridgehead atoms. The van der Waals surface area contributed by atoms with Gasteiger partial charge in [0.2, 0.25) is 10.0 Å². The van der Waals surface area contributed by atoms with Gasteiger partial charge >= 0.3 is 0 Å². The van der Waals surface area contributed by atoms with Crippen LogP contribution in [0.5, 0.6) is 0 Å².